The predicted molar refractivity (Wildman–Crippen MR) is 327 cm³/mol. The van der Waals surface area contributed by atoms with Gasteiger partial charge in [-0.3, -0.25) is 14.4 Å². The zero-order valence-electron chi connectivity index (χ0n) is 50.1. The van der Waals surface area contributed by atoms with Crippen molar-refractivity contribution in [2.75, 3.05) is 62.0 Å². The van der Waals surface area contributed by atoms with Gasteiger partial charge in [-0.2, -0.15) is 24.3 Å². The molecule has 3 aliphatic rings. The molecule has 3 fully saturated rings. The first-order valence-corrected chi connectivity index (χ1v) is 28.8. The Morgan fingerprint density at radius 1 is 0.529 bits per heavy atom. The van der Waals surface area contributed by atoms with Crippen molar-refractivity contribution in [3.8, 4) is 17.6 Å². The Balaban J connectivity index is 0.000000144. The van der Waals surface area contributed by atoms with Crippen molar-refractivity contribution in [2.45, 2.75) is 109 Å². The van der Waals surface area contributed by atoms with Crippen LogP contribution in [0.3, 0.4) is 0 Å². The van der Waals surface area contributed by atoms with E-state index in [0.29, 0.717) is 104 Å². The number of aliphatic hydroxyl groups is 3. The number of nitrogens with one attached hydrogen (secondary N) is 5. The monoisotopic (exact) mass is 1190 g/mol. The molecule has 0 saturated heterocycles. The Hall–Kier alpha value is -9.40. The van der Waals surface area contributed by atoms with E-state index in [9.17, 15) is 29.7 Å². The van der Waals surface area contributed by atoms with Gasteiger partial charge in [-0.1, -0.05) is 6.92 Å². The Kier molecular flexibility index (Phi) is 17.6. The van der Waals surface area contributed by atoms with Crippen molar-refractivity contribution in [1.82, 2.24) is 58.7 Å². The molecule has 0 bridgehead atoms. The Morgan fingerprint density at radius 2 is 0.851 bits per heavy atom. The topological polar surface area (TPSA) is 329 Å². The molecule has 3 aliphatic carbocycles. The SMILES string of the molecule is CCc1cc(Nc2cccnc2OC)nc2c(C(=O)C[C@@H]3CC[C@]3(C)O)cnn12.CNc1cc(Nc2cccnc2OC)nc2c(C(=O)CC3CC[C@@]3(C)O)cnn12.CNc1cc(Nc2cccnc2OC)nc2c(C(=O)C[C@H]3CC[C@@]3(C)O)cnn12. The summed E-state index contributed by atoms with van der Waals surface area (Å²) < 4.78 is 20.7. The van der Waals surface area contributed by atoms with E-state index in [2.05, 4.69) is 71.8 Å². The molecule has 87 heavy (non-hydrogen) atoms. The van der Waals surface area contributed by atoms with Crippen LogP contribution in [0.5, 0.6) is 17.6 Å². The highest BCUT2D eigenvalue weighted by molar-refractivity contribution is 6.03. The van der Waals surface area contributed by atoms with Crippen molar-refractivity contribution in [1.29, 1.82) is 0 Å². The van der Waals surface area contributed by atoms with Crippen LogP contribution >= 0.6 is 0 Å². The van der Waals surface area contributed by atoms with Crippen molar-refractivity contribution in [2.24, 2.45) is 17.8 Å². The average molecular weight is 1190 g/mol. The van der Waals surface area contributed by atoms with Gasteiger partial charge in [0.2, 0.25) is 17.6 Å². The highest BCUT2D eigenvalue weighted by atomic mass is 16.5. The van der Waals surface area contributed by atoms with E-state index >= 15 is 0 Å². The summed E-state index contributed by atoms with van der Waals surface area (Å²) in [6.45, 7) is 7.38. The molecule has 0 radical (unpaired) electrons. The summed E-state index contributed by atoms with van der Waals surface area (Å²) >= 11 is 0. The molecule has 0 aliphatic heterocycles. The lowest BCUT2D eigenvalue weighted by atomic mass is 9.68. The molecule has 26 heteroatoms. The summed E-state index contributed by atoms with van der Waals surface area (Å²) in [6, 6.07) is 16.4. The summed E-state index contributed by atoms with van der Waals surface area (Å²) in [7, 11) is 8.21. The van der Waals surface area contributed by atoms with Crippen molar-refractivity contribution in [3.63, 3.8) is 0 Å². The second-order valence-corrected chi connectivity index (χ2v) is 22.6. The molecule has 12 rings (SSSR count). The number of ether oxygens (including phenoxy) is 3. The summed E-state index contributed by atoms with van der Waals surface area (Å²) in [6.07, 6.45) is 15.9. The van der Waals surface area contributed by atoms with Crippen molar-refractivity contribution in [3.05, 3.63) is 114 Å². The quantitative estimate of drug-likeness (QED) is 0.0313. The van der Waals surface area contributed by atoms with E-state index in [-0.39, 0.29) is 47.9 Å². The molecule has 1 unspecified atom stereocenters. The number of hydrogen-bond donors (Lipinski definition) is 8. The first kappa shape index (κ1) is 60.7. The number of carbonyl (C=O) groups excluding carboxylic acids is 3. The van der Waals surface area contributed by atoms with Crippen LogP contribution in [-0.4, -0.2) is 144 Å². The van der Waals surface area contributed by atoms with Crippen LogP contribution in [0.25, 0.3) is 16.9 Å². The number of aryl methyl sites for hydroxylation is 1. The molecule has 9 aromatic rings. The van der Waals surface area contributed by atoms with Crippen LogP contribution in [0.4, 0.5) is 46.2 Å². The lowest BCUT2D eigenvalue weighted by molar-refractivity contribution is -0.0775. The third kappa shape index (κ3) is 12.8. The second kappa shape index (κ2) is 25.3. The van der Waals surface area contributed by atoms with Gasteiger partial charge in [0.15, 0.2) is 34.3 Å². The summed E-state index contributed by atoms with van der Waals surface area (Å²) in [5.41, 5.74) is 3.39. The molecule has 9 heterocycles. The zero-order valence-corrected chi connectivity index (χ0v) is 50.1. The largest absolute Gasteiger partial charge is 0.480 e. The number of nitrogens with zero attached hydrogens (tertiary/aromatic N) is 12. The van der Waals surface area contributed by atoms with E-state index in [4.69, 9.17) is 14.2 Å². The van der Waals surface area contributed by atoms with Crippen LogP contribution in [0.15, 0.2) is 91.8 Å². The van der Waals surface area contributed by atoms with E-state index in [1.807, 2.05) is 37.3 Å². The van der Waals surface area contributed by atoms with Gasteiger partial charge in [0.1, 0.15) is 46.2 Å². The number of anilines is 8. The lowest BCUT2D eigenvalue weighted by Gasteiger charge is -2.42. The minimum Gasteiger partial charge on any atom is -0.480 e. The van der Waals surface area contributed by atoms with Gasteiger partial charge in [0.25, 0.3) is 0 Å². The van der Waals surface area contributed by atoms with Crippen LogP contribution in [0, 0.1) is 17.8 Å². The number of aromatic nitrogens is 12. The maximum atomic E-state index is 12.9. The maximum Gasteiger partial charge on any atom is 0.237 e. The number of ketones is 3. The van der Waals surface area contributed by atoms with Crippen LogP contribution < -0.4 is 40.8 Å². The fourth-order valence-electron chi connectivity index (χ4n) is 11.0. The number of Topliss-reactive ketones (excluding diaryl/α,β-unsaturated/α-hetero) is 3. The van der Waals surface area contributed by atoms with Crippen LogP contribution in [0.2, 0.25) is 0 Å². The lowest BCUT2D eigenvalue weighted by Crippen LogP contribution is -2.45. The summed E-state index contributed by atoms with van der Waals surface area (Å²) in [5.74, 6) is 4.06. The molecule has 26 nitrogen and oxygen atoms in total. The van der Waals surface area contributed by atoms with Crippen LogP contribution in [0.1, 0.15) is 122 Å². The van der Waals surface area contributed by atoms with Gasteiger partial charge in [0, 0.05) is 75.8 Å². The number of hydrogen-bond acceptors (Lipinski definition) is 23. The zero-order chi connectivity index (χ0) is 61.8. The van der Waals surface area contributed by atoms with Gasteiger partial charge in [-0.05, 0) is 120 Å². The van der Waals surface area contributed by atoms with E-state index in [1.54, 1.807) is 119 Å². The second-order valence-electron chi connectivity index (χ2n) is 22.6. The Labute approximate surface area is 501 Å². The van der Waals surface area contributed by atoms with Crippen LogP contribution in [-0.2, 0) is 6.42 Å². The smallest absolute Gasteiger partial charge is 0.237 e. The molecule has 6 atom stereocenters. The van der Waals surface area contributed by atoms with Gasteiger partial charge < -0.3 is 56.1 Å². The highest BCUT2D eigenvalue weighted by Gasteiger charge is 2.44. The fourth-order valence-corrected chi connectivity index (χ4v) is 11.0. The Bertz CT molecular complexity index is 3590. The van der Waals surface area contributed by atoms with E-state index in [0.717, 1.165) is 50.6 Å². The standard InChI is InChI=1S/C21H25N5O3.2C20H24N6O3/c1-4-14-11-18(24-16-6-5-9-22-20(16)29-3)25-19-15(12-23-26(14)19)17(27)10-13-7-8-21(13,2)28;2*1-20(28)7-6-12(20)9-15(27)13-11-23-26-17(21-2)10-16(25-18(13)26)24-14-5-4-8-22-19(14)29-3/h5-6,9,11-13,28H,4,7-8,10H2,1-3H3,(H,24,25);2*4-5,8,10-12,21,28H,6-7,9H2,1-3H3,(H,24,25)/t13-,21-;12?,20-;12-,20-/m011/s1. The maximum absolute atomic E-state index is 12.9. The van der Waals surface area contributed by atoms with Gasteiger partial charge >= 0.3 is 0 Å². The first-order valence-electron chi connectivity index (χ1n) is 28.8. The molecule has 3 saturated carbocycles. The number of carbonyl (C=O) groups is 3. The van der Waals surface area contributed by atoms with Crippen molar-refractivity contribution >= 4 is 80.4 Å². The fraction of sp³-hybridized carbons (Fsp3) is 0.410. The van der Waals surface area contributed by atoms with Gasteiger partial charge in [-0.25, -0.2) is 34.4 Å². The molecular formula is C61H73N17O9. The minimum absolute atomic E-state index is 0.0171. The molecule has 9 aromatic heterocycles. The molecule has 456 valence electrons. The molecular weight excluding hydrogens is 1110 g/mol. The first-order chi connectivity index (χ1) is 41.8. The summed E-state index contributed by atoms with van der Waals surface area (Å²) in [5, 5.41) is 59.5. The molecule has 8 N–H and O–H groups in total. The van der Waals surface area contributed by atoms with E-state index in [1.165, 1.54) is 12.4 Å². The number of rotatable bonds is 21. The molecule has 0 amide bonds. The Morgan fingerprint density at radius 3 is 1.14 bits per heavy atom. The van der Waals surface area contributed by atoms with Gasteiger partial charge in [0.05, 0.1) is 73.4 Å². The molecule has 0 spiro atoms. The number of methoxy groups -OCH3 is 3. The predicted octanol–water partition coefficient (Wildman–Crippen LogP) is 8.48. The van der Waals surface area contributed by atoms with Crippen molar-refractivity contribution < 1.29 is 43.9 Å². The average Bonchev–Trinajstić information content (AvgIpc) is 3.66. The van der Waals surface area contributed by atoms with Gasteiger partial charge in [-0.15, -0.1) is 0 Å². The number of fused-ring (bicyclic) bond motifs is 3. The third-order valence-corrected chi connectivity index (χ3v) is 16.9. The van der Waals surface area contributed by atoms with E-state index < -0.39 is 16.8 Å². The summed E-state index contributed by atoms with van der Waals surface area (Å²) in [4.78, 5) is 65.1. The minimum atomic E-state index is -0.772. The third-order valence-electron chi connectivity index (χ3n) is 16.9. The highest BCUT2D eigenvalue weighted by Crippen LogP contribution is 2.43. The molecule has 0 aromatic carbocycles. The number of pyridine rings is 3. The normalized spacial score (nSPS) is 20.9.